The third-order valence-electron chi connectivity index (χ3n) is 3.74. The van der Waals surface area contributed by atoms with Crippen molar-refractivity contribution in [1.82, 2.24) is 15.0 Å². The summed E-state index contributed by atoms with van der Waals surface area (Å²) < 4.78 is 13.3. The van der Waals surface area contributed by atoms with Crippen LogP contribution in [-0.4, -0.2) is 31.6 Å². The molecule has 27 heavy (non-hydrogen) atoms. The van der Waals surface area contributed by atoms with Crippen molar-refractivity contribution in [3.8, 4) is 11.4 Å². The Morgan fingerprint density at radius 1 is 1.37 bits per heavy atom. The minimum atomic E-state index is -1.04. The Morgan fingerprint density at radius 2 is 2.22 bits per heavy atom. The van der Waals surface area contributed by atoms with Crippen LogP contribution in [0.5, 0.6) is 0 Å². The summed E-state index contributed by atoms with van der Waals surface area (Å²) in [5, 5.41) is 0.858. The first kappa shape index (κ1) is 19.3. The Bertz CT molecular complexity index is 1040. The fourth-order valence-electron chi connectivity index (χ4n) is 2.50. The second-order valence-corrected chi connectivity index (χ2v) is 8.51. The van der Waals surface area contributed by atoms with E-state index in [9.17, 15) is 4.21 Å². The third kappa shape index (κ3) is 4.26. The van der Waals surface area contributed by atoms with Crippen molar-refractivity contribution in [2.75, 3.05) is 5.75 Å². The van der Waals surface area contributed by atoms with Gasteiger partial charge in [-0.1, -0.05) is 25.1 Å². The van der Waals surface area contributed by atoms with Crippen molar-refractivity contribution >= 4 is 44.8 Å². The molecule has 3 heterocycles. The molecule has 5 nitrogen and oxygen atoms in total. The number of fused-ring (bicyclic) bond motifs is 1. The number of hydrogen-bond donors (Lipinski definition) is 0. The zero-order valence-electron chi connectivity index (χ0n) is 15.3. The normalized spacial score (nSPS) is 13.3. The van der Waals surface area contributed by atoms with Gasteiger partial charge in [-0.25, -0.2) is 9.97 Å². The summed E-state index contributed by atoms with van der Waals surface area (Å²) in [6, 6.07) is 7.61. The number of aromatic nitrogens is 3. The predicted molar refractivity (Wildman–Crippen MR) is 115 cm³/mol. The lowest BCUT2D eigenvalue weighted by molar-refractivity contribution is 0.683. The molecule has 0 radical (unpaired) electrons. The first-order valence-corrected chi connectivity index (χ1v) is 10.7. The van der Waals surface area contributed by atoms with Crippen LogP contribution in [-0.2, 0) is 10.8 Å². The van der Waals surface area contributed by atoms with E-state index in [1.54, 1.807) is 6.20 Å². The van der Waals surface area contributed by atoms with Gasteiger partial charge in [-0.3, -0.25) is 14.2 Å². The van der Waals surface area contributed by atoms with Gasteiger partial charge in [-0.2, -0.15) is 0 Å². The zero-order valence-corrected chi connectivity index (χ0v) is 16.9. The number of pyridine rings is 1. The van der Waals surface area contributed by atoms with Gasteiger partial charge in [0, 0.05) is 17.3 Å². The van der Waals surface area contributed by atoms with E-state index in [0.717, 1.165) is 26.5 Å². The van der Waals surface area contributed by atoms with E-state index in [1.807, 2.05) is 56.3 Å². The summed E-state index contributed by atoms with van der Waals surface area (Å²) in [6.45, 7) is 7.59. The van der Waals surface area contributed by atoms with Crippen molar-refractivity contribution in [1.29, 1.82) is 0 Å². The molecule has 0 amide bonds. The van der Waals surface area contributed by atoms with Crippen LogP contribution < -0.4 is 0 Å². The fraction of sp³-hybridized carbons (Fsp3) is 0.200. The fourth-order valence-corrected chi connectivity index (χ4v) is 4.94. The highest BCUT2D eigenvalue weighted by molar-refractivity contribution is 7.87. The first-order valence-electron chi connectivity index (χ1n) is 8.59. The van der Waals surface area contributed by atoms with Crippen LogP contribution in [0.2, 0.25) is 0 Å². The van der Waals surface area contributed by atoms with E-state index >= 15 is 0 Å². The summed E-state index contributed by atoms with van der Waals surface area (Å²) in [5.41, 5.74) is 2.03. The smallest absolute Gasteiger partial charge is 0.180 e. The highest BCUT2D eigenvalue weighted by Gasteiger charge is 2.17. The first-order chi connectivity index (χ1) is 13.2. The molecule has 3 rings (SSSR count). The Labute approximate surface area is 165 Å². The molecule has 0 N–H and O–H groups in total. The van der Waals surface area contributed by atoms with Gasteiger partial charge in [-0.15, -0.1) is 11.3 Å². The molecule has 3 aromatic heterocycles. The van der Waals surface area contributed by atoms with Crippen LogP contribution in [0.25, 0.3) is 27.3 Å². The monoisotopic (exact) mass is 396 g/mol. The lowest BCUT2D eigenvalue weighted by Crippen LogP contribution is -1.97. The molecule has 0 aromatic carbocycles. The van der Waals surface area contributed by atoms with Crippen LogP contribution in [0.4, 0.5) is 0 Å². The Morgan fingerprint density at radius 3 is 2.89 bits per heavy atom. The highest BCUT2D eigenvalue weighted by Crippen LogP contribution is 2.34. The van der Waals surface area contributed by atoms with Crippen LogP contribution in [0.3, 0.4) is 0 Å². The number of rotatable bonds is 7. The minimum absolute atomic E-state index is 0.478. The van der Waals surface area contributed by atoms with E-state index in [1.165, 1.54) is 11.3 Å². The molecule has 0 aliphatic carbocycles. The SMILES string of the molecule is C=N/C(=C\C=C/C)c1nc(-c2ccccn2)c2cc(S(=O)CCC)sc2n1. The van der Waals surface area contributed by atoms with Gasteiger partial charge in [0.15, 0.2) is 5.82 Å². The van der Waals surface area contributed by atoms with Crippen LogP contribution in [0, 0.1) is 0 Å². The maximum Gasteiger partial charge on any atom is 0.180 e. The molecule has 0 saturated heterocycles. The summed E-state index contributed by atoms with van der Waals surface area (Å²) >= 11 is 1.43. The molecular formula is C20H20N4OS2. The summed E-state index contributed by atoms with van der Waals surface area (Å²) in [6.07, 6.45) is 8.18. The Balaban J connectivity index is 2.25. The standard InChI is InChI=1S/C20H20N4OS2/c1-4-6-9-16(21-3)19-23-18(15-10-7-8-11-22-15)14-13-17(26-20(14)24-19)27(25)12-5-2/h4,6-11,13H,3,5,12H2,1-2H3/b6-4-,16-9-. The van der Waals surface area contributed by atoms with Crippen molar-refractivity contribution in [2.24, 2.45) is 4.99 Å². The van der Waals surface area contributed by atoms with E-state index in [2.05, 4.69) is 21.7 Å². The van der Waals surface area contributed by atoms with Crippen molar-refractivity contribution in [3.63, 3.8) is 0 Å². The molecule has 1 atom stereocenters. The summed E-state index contributed by atoms with van der Waals surface area (Å²) in [7, 11) is -1.04. The molecule has 3 aromatic rings. The predicted octanol–water partition coefficient (Wildman–Crippen LogP) is 4.89. The molecule has 0 aliphatic rings. The van der Waals surface area contributed by atoms with Crippen molar-refractivity contribution in [3.05, 3.63) is 54.5 Å². The Hall–Kier alpha value is -2.51. The van der Waals surface area contributed by atoms with Gasteiger partial charge in [0.1, 0.15) is 16.2 Å². The lowest BCUT2D eigenvalue weighted by Gasteiger charge is -2.05. The molecule has 0 spiro atoms. The largest absolute Gasteiger partial charge is 0.261 e. The van der Waals surface area contributed by atoms with E-state index in [4.69, 9.17) is 4.98 Å². The number of allylic oxidation sites excluding steroid dienone is 3. The van der Waals surface area contributed by atoms with Gasteiger partial charge >= 0.3 is 0 Å². The molecule has 138 valence electrons. The third-order valence-corrected chi connectivity index (χ3v) is 6.71. The molecule has 7 heteroatoms. The number of nitrogens with zero attached hydrogens (tertiary/aromatic N) is 4. The molecular weight excluding hydrogens is 376 g/mol. The number of thiophene rings is 1. The lowest BCUT2D eigenvalue weighted by atomic mass is 10.2. The van der Waals surface area contributed by atoms with Gasteiger partial charge in [0.05, 0.1) is 20.7 Å². The molecule has 0 saturated carbocycles. The average molecular weight is 397 g/mol. The maximum absolute atomic E-state index is 12.5. The van der Waals surface area contributed by atoms with Crippen LogP contribution in [0.15, 0.2) is 57.9 Å². The number of aliphatic imine (C=N–C) groups is 1. The van der Waals surface area contributed by atoms with E-state index < -0.39 is 10.8 Å². The van der Waals surface area contributed by atoms with Gasteiger partial charge in [-0.05, 0) is 44.3 Å². The minimum Gasteiger partial charge on any atom is -0.261 e. The van der Waals surface area contributed by atoms with Crippen molar-refractivity contribution < 1.29 is 4.21 Å². The van der Waals surface area contributed by atoms with Gasteiger partial charge in [0.2, 0.25) is 0 Å². The highest BCUT2D eigenvalue weighted by atomic mass is 32.2. The van der Waals surface area contributed by atoms with Gasteiger partial charge in [0.25, 0.3) is 0 Å². The zero-order chi connectivity index (χ0) is 19.2. The van der Waals surface area contributed by atoms with Gasteiger partial charge < -0.3 is 0 Å². The second-order valence-electron chi connectivity index (χ2n) is 5.68. The summed E-state index contributed by atoms with van der Waals surface area (Å²) in [5.74, 6) is 1.11. The molecule has 0 fully saturated rings. The summed E-state index contributed by atoms with van der Waals surface area (Å²) in [4.78, 5) is 18.6. The van der Waals surface area contributed by atoms with Crippen LogP contribution >= 0.6 is 11.3 Å². The quantitative estimate of drug-likeness (QED) is 0.421. The average Bonchev–Trinajstić information content (AvgIpc) is 3.13. The van der Waals surface area contributed by atoms with E-state index in [0.29, 0.717) is 23.0 Å². The maximum atomic E-state index is 12.5. The van der Waals surface area contributed by atoms with Crippen molar-refractivity contribution in [2.45, 2.75) is 24.5 Å². The number of hydrogen-bond acceptors (Lipinski definition) is 6. The molecule has 1 unspecified atom stereocenters. The second kappa shape index (κ2) is 8.92. The molecule has 0 bridgehead atoms. The van der Waals surface area contributed by atoms with E-state index in [-0.39, 0.29) is 0 Å². The topological polar surface area (TPSA) is 68.1 Å². The van der Waals surface area contributed by atoms with Crippen LogP contribution in [0.1, 0.15) is 26.1 Å². The molecule has 0 aliphatic heterocycles. The Kier molecular flexibility index (Phi) is 6.36.